The molecule has 162 valence electrons. The molecule has 1 aromatic carbocycles. The van der Waals surface area contributed by atoms with Crippen LogP contribution < -0.4 is 4.74 Å². The van der Waals surface area contributed by atoms with E-state index in [1.165, 1.54) is 0 Å². The molecule has 1 aromatic rings. The number of likely N-dealkylation sites (tertiary alicyclic amines) is 2. The third-order valence-electron chi connectivity index (χ3n) is 6.83. The van der Waals surface area contributed by atoms with Crippen LogP contribution in [0.15, 0.2) is 24.3 Å². The van der Waals surface area contributed by atoms with Crippen molar-refractivity contribution in [2.75, 3.05) is 52.5 Å². The Morgan fingerprint density at radius 3 is 2.47 bits per heavy atom. The molecular formula is C23H31N3O4. The zero-order valence-corrected chi connectivity index (χ0v) is 17.5. The maximum absolute atomic E-state index is 12.8. The van der Waals surface area contributed by atoms with E-state index in [1.54, 1.807) is 0 Å². The van der Waals surface area contributed by atoms with Gasteiger partial charge < -0.3 is 19.3 Å². The Bertz CT molecular complexity index is 773. The number of rotatable bonds is 7. The van der Waals surface area contributed by atoms with Crippen molar-refractivity contribution in [2.24, 2.45) is 5.92 Å². The molecule has 1 saturated carbocycles. The summed E-state index contributed by atoms with van der Waals surface area (Å²) >= 11 is 0. The number of nitrogens with zero attached hydrogens (tertiary/aromatic N) is 3. The van der Waals surface area contributed by atoms with Gasteiger partial charge >= 0.3 is 6.03 Å². The Balaban J connectivity index is 1.03. The van der Waals surface area contributed by atoms with Crippen molar-refractivity contribution < 1.29 is 19.1 Å². The summed E-state index contributed by atoms with van der Waals surface area (Å²) in [5.74, 6) is 1.35. The first kappa shape index (κ1) is 19.8. The average Bonchev–Trinajstić information content (AvgIpc) is 3.46. The number of amides is 2. The van der Waals surface area contributed by atoms with Crippen molar-refractivity contribution in [3.8, 4) is 5.75 Å². The van der Waals surface area contributed by atoms with E-state index in [0.717, 1.165) is 56.6 Å². The molecule has 0 N–H and O–H groups in total. The van der Waals surface area contributed by atoms with Crippen LogP contribution in [0.3, 0.4) is 0 Å². The number of carbonyl (C=O) groups excluding carboxylic acids is 2. The highest BCUT2D eigenvalue weighted by Crippen LogP contribution is 2.33. The number of urea groups is 1. The van der Waals surface area contributed by atoms with Gasteiger partial charge in [0.05, 0.1) is 19.8 Å². The van der Waals surface area contributed by atoms with Crippen LogP contribution in [0.25, 0.3) is 0 Å². The van der Waals surface area contributed by atoms with E-state index in [2.05, 4.69) is 9.80 Å². The largest absolute Gasteiger partial charge is 0.494 e. The van der Waals surface area contributed by atoms with Crippen LogP contribution in [0, 0.1) is 5.92 Å². The number of Topliss-reactive ketones (excluding diaryl/α,β-unsaturated/α-hetero) is 1. The Kier molecular flexibility index (Phi) is 5.65. The van der Waals surface area contributed by atoms with Gasteiger partial charge in [0.2, 0.25) is 0 Å². The van der Waals surface area contributed by atoms with Crippen LogP contribution >= 0.6 is 0 Å². The minimum absolute atomic E-state index is 0.192. The molecule has 7 nitrogen and oxygen atoms in total. The number of fused-ring (bicyclic) bond motifs is 2. The molecule has 2 amide bonds. The highest BCUT2D eigenvalue weighted by molar-refractivity contribution is 5.99. The Morgan fingerprint density at radius 2 is 1.80 bits per heavy atom. The van der Waals surface area contributed by atoms with Crippen LogP contribution in [0.5, 0.6) is 5.75 Å². The minimum atomic E-state index is 0.192. The van der Waals surface area contributed by atoms with Crippen molar-refractivity contribution in [1.82, 2.24) is 14.7 Å². The highest BCUT2D eigenvalue weighted by Gasteiger charge is 2.45. The molecule has 2 atom stereocenters. The highest BCUT2D eigenvalue weighted by atomic mass is 16.5. The molecular weight excluding hydrogens is 382 g/mol. The monoisotopic (exact) mass is 413 g/mol. The average molecular weight is 414 g/mol. The Morgan fingerprint density at radius 1 is 1.03 bits per heavy atom. The van der Waals surface area contributed by atoms with Gasteiger partial charge in [-0.25, -0.2) is 4.79 Å². The quantitative estimate of drug-likeness (QED) is 0.507. The summed E-state index contributed by atoms with van der Waals surface area (Å²) in [7, 11) is 0. The summed E-state index contributed by atoms with van der Waals surface area (Å²) in [4.78, 5) is 31.3. The standard InChI is InChI=1S/C23H31N3O4/c27-22(17-2-3-17)18-4-6-21(7-5-18)30-11-1-8-25-15-20-14-19(25)16-26(20)23(28)24-9-12-29-13-10-24/h4-7,17,19-20H,1-3,8-16H2/t19-,20-/m0/s1. The topological polar surface area (TPSA) is 62.3 Å². The van der Waals surface area contributed by atoms with Crippen LogP contribution in [0.1, 0.15) is 36.0 Å². The van der Waals surface area contributed by atoms with E-state index in [1.807, 2.05) is 29.2 Å². The summed E-state index contributed by atoms with van der Waals surface area (Å²) in [5.41, 5.74) is 0.800. The van der Waals surface area contributed by atoms with Crippen LogP contribution in [0.2, 0.25) is 0 Å². The van der Waals surface area contributed by atoms with Gasteiger partial charge in [0, 0.05) is 56.3 Å². The number of ketones is 1. The summed E-state index contributed by atoms with van der Waals surface area (Å²) < 4.78 is 11.2. The van der Waals surface area contributed by atoms with Gasteiger partial charge in [0.15, 0.2) is 5.78 Å². The summed E-state index contributed by atoms with van der Waals surface area (Å²) in [6.07, 6.45) is 4.12. The Labute approximate surface area is 177 Å². The van der Waals surface area contributed by atoms with Gasteiger partial charge in [-0.2, -0.15) is 0 Å². The predicted octanol–water partition coefficient (Wildman–Crippen LogP) is 2.26. The van der Waals surface area contributed by atoms with Crippen molar-refractivity contribution in [2.45, 2.75) is 37.8 Å². The smallest absolute Gasteiger partial charge is 0.320 e. The number of carbonyl (C=O) groups is 2. The SMILES string of the molecule is O=C(c1ccc(OCCCN2C[C@@H]3C[C@H]2CN3C(=O)N2CCOCC2)cc1)C1CC1. The first-order chi connectivity index (χ1) is 14.7. The molecule has 1 aliphatic carbocycles. The van der Waals surface area contributed by atoms with E-state index in [-0.39, 0.29) is 17.7 Å². The molecule has 0 spiro atoms. The van der Waals surface area contributed by atoms with E-state index < -0.39 is 0 Å². The minimum Gasteiger partial charge on any atom is -0.494 e. The molecule has 0 unspecified atom stereocenters. The van der Waals surface area contributed by atoms with Crippen molar-refractivity contribution in [1.29, 1.82) is 0 Å². The second-order valence-electron chi connectivity index (χ2n) is 8.94. The van der Waals surface area contributed by atoms with Crippen molar-refractivity contribution in [3.05, 3.63) is 29.8 Å². The van der Waals surface area contributed by atoms with E-state index >= 15 is 0 Å². The number of piperazine rings is 1. The molecule has 30 heavy (non-hydrogen) atoms. The lowest BCUT2D eigenvalue weighted by atomic mass is 10.1. The molecule has 0 aromatic heterocycles. The number of ether oxygens (including phenoxy) is 2. The summed E-state index contributed by atoms with van der Waals surface area (Å²) in [6.45, 7) is 6.21. The van der Waals surface area contributed by atoms with Crippen LogP contribution in [-0.2, 0) is 4.74 Å². The van der Waals surface area contributed by atoms with Gasteiger partial charge in [-0.1, -0.05) is 0 Å². The lowest BCUT2D eigenvalue weighted by Crippen LogP contribution is -2.55. The van der Waals surface area contributed by atoms with Gasteiger partial charge in [-0.15, -0.1) is 0 Å². The predicted molar refractivity (Wildman–Crippen MR) is 112 cm³/mol. The summed E-state index contributed by atoms with van der Waals surface area (Å²) in [6, 6.07) is 8.60. The lowest BCUT2D eigenvalue weighted by molar-refractivity contribution is 0.0367. The molecule has 4 fully saturated rings. The molecule has 7 heteroatoms. The lowest BCUT2D eigenvalue weighted by Gasteiger charge is -2.38. The third kappa shape index (κ3) is 4.18. The molecule has 5 rings (SSSR count). The third-order valence-corrected chi connectivity index (χ3v) is 6.83. The first-order valence-corrected chi connectivity index (χ1v) is 11.3. The summed E-state index contributed by atoms with van der Waals surface area (Å²) in [5, 5.41) is 0. The zero-order valence-electron chi connectivity index (χ0n) is 17.5. The van der Waals surface area contributed by atoms with Crippen molar-refractivity contribution >= 4 is 11.8 Å². The molecule has 0 radical (unpaired) electrons. The fraction of sp³-hybridized carbons (Fsp3) is 0.652. The Hall–Kier alpha value is -2.12. The van der Waals surface area contributed by atoms with Crippen LogP contribution in [-0.4, -0.2) is 91.1 Å². The van der Waals surface area contributed by atoms with E-state index in [9.17, 15) is 9.59 Å². The van der Waals surface area contributed by atoms with E-state index in [0.29, 0.717) is 45.0 Å². The second-order valence-corrected chi connectivity index (χ2v) is 8.94. The molecule has 3 heterocycles. The number of hydrogen-bond acceptors (Lipinski definition) is 5. The van der Waals surface area contributed by atoms with Gasteiger partial charge in [-0.3, -0.25) is 9.69 Å². The van der Waals surface area contributed by atoms with E-state index in [4.69, 9.17) is 9.47 Å². The number of morpholine rings is 1. The number of benzene rings is 1. The molecule has 3 aliphatic heterocycles. The maximum atomic E-state index is 12.8. The molecule has 4 aliphatic rings. The first-order valence-electron chi connectivity index (χ1n) is 11.3. The molecule has 3 saturated heterocycles. The number of hydrogen-bond donors (Lipinski definition) is 0. The fourth-order valence-electron chi connectivity index (χ4n) is 4.95. The van der Waals surface area contributed by atoms with Crippen LogP contribution in [0.4, 0.5) is 4.79 Å². The maximum Gasteiger partial charge on any atom is 0.320 e. The van der Waals surface area contributed by atoms with Gasteiger partial charge in [0.1, 0.15) is 5.75 Å². The van der Waals surface area contributed by atoms with Gasteiger partial charge in [-0.05, 0) is 49.9 Å². The fourth-order valence-corrected chi connectivity index (χ4v) is 4.95. The van der Waals surface area contributed by atoms with Crippen molar-refractivity contribution in [3.63, 3.8) is 0 Å². The zero-order chi connectivity index (χ0) is 20.5. The second kappa shape index (κ2) is 8.55. The molecule has 2 bridgehead atoms. The van der Waals surface area contributed by atoms with Gasteiger partial charge in [0.25, 0.3) is 0 Å². The normalized spacial score (nSPS) is 26.3.